The fourth-order valence-electron chi connectivity index (χ4n) is 6.56. The van der Waals surface area contributed by atoms with Gasteiger partial charge in [0.05, 0.1) is 0 Å². The van der Waals surface area contributed by atoms with Crippen molar-refractivity contribution in [2.24, 2.45) is 34.5 Å². The van der Waals surface area contributed by atoms with Crippen LogP contribution in [-0.4, -0.2) is 11.7 Å². The van der Waals surface area contributed by atoms with Gasteiger partial charge >= 0.3 is 0 Å². The molecule has 0 saturated heterocycles. The first-order chi connectivity index (χ1) is 10.4. The zero-order valence-corrected chi connectivity index (χ0v) is 15.4. The SMILES string of the molecule is CC1(C)CCC2C(CCC3CC(Cl)CCC32C)C1CCC=O. The van der Waals surface area contributed by atoms with E-state index < -0.39 is 0 Å². The average molecular weight is 325 g/mol. The first-order valence-electron chi connectivity index (χ1n) is 9.46. The molecule has 6 unspecified atom stereocenters. The van der Waals surface area contributed by atoms with Gasteiger partial charge in [-0.05, 0) is 85.9 Å². The Balaban J connectivity index is 1.83. The van der Waals surface area contributed by atoms with Gasteiger partial charge in [-0.25, -0.2) is 0 Å². The van der Waals surface area contributed by atoms with Crippen molar-refractivity contribution in [3.8, 4) is 0 Å². The molecule has 0 aliphatic heterocycles. The van der Waals surface area contributed by atoms with E-state index in [0.29, 0.717) is 16.2 Å². The number of rotatable bonds is 3. The van der Waals surface area contributed by atoms with Crippen LogP contribution in [0.4, 0.5) is 0 Å². The lowest BCUT2D eigenvalue weighted by Crippen LogP contribution is -2.53. The molecule has 0 aromatic carbocycles. The highest BCUT2D eigenvalue weighted by atomic mass is 35.5. The van der Waals surface area contributed by atoms with Crippen molar-refractivity contribution in [1.29, 1.82) is 0 Å². The van der Waals surface area contributed by atoms with Crippen LogP contribution in [0, 0.1) is 34.5 Å². The molecular formula is C20H33ClO. The molecule has 0 radical (unpaired) electrons. The minimum Gasteiger partial charge on any atom is -0.303 e. The summed E-state index contributed by atoms with van der Waals surface area (Å²) in [6, 6.07) is 0. The minimum absolute atomic E-state index is 0.414. The molecule has 6 atom stereocenters. The fraction of sp³-hybridized carbons (Fsp3) is 0.950. The van der Waals surface area contributed by atoms with E-state index in [9.17, 15) is 4.79 Å². The highest BCUT2D eigenvalue weighted by molar-refractivity contribution is 6.20. The molecule has 0 aromatic heterocycles. The van der Waals surface area contributed by atoms with Gasteiger partial charge in [-0.1, -0.05) is 20.8 Å². The quantitative estimate of drug-likeness (QED) is 0.470. The second-order valence-electron chi connectivity index (χ2n) is 9.30. The average Bonchev–Trinajstić information content (AvgIpc) is 2.46. The van der Waals surface area contributed by atoms with Crippen molar-refractivity contribution >= 4 is 17.9 Å². The predicted octanol–water partition coefficient (Wildman–Crippen LogP) is 5.84. The summed E-state index contributed by atoms with van der Waals surface area (Å²) in [5.41, 5.74) is 0.932. The molecule has 126 valence electrons. The van der Waals surface area contributed by atoms with Crippen molar-refractivity contribution in [3.63, 3.8) is 0 Å². The first-order valence-corrected chi connectivity index (χ1v) is 9.90. The number of carbonyl (C=O) groups is 1. The minimum atomic E-state index is 0.414. The predicted molar refractivity (Wildman–Crippen MR) is 93.1 cm³/mol. The summed E-state index contributed by atoms with van der Waals surface area (Å²) in [4.78, 5) is 10.9. The summed E-state index contributed by atoms with van der Waals surface area (Å²) < 4.78 is 0. The van der Waals surface area contributed by atoms with Crippen LogP contribution in [0.3, 0.4) is 0 Å². The number of carbonyl (C=O) groups excluding carboxylic acids is 1. The monoisotopic (exact) mass is 324 g/mol. The number of alkyl halides is 1. The number of aldehydes is 1. The molecule has 1 nitrogen and oxygen atoms in total. The maximum atomic E-state index is 10.9. The Morgan fingerprint density at radius 1 is 1.09 bits per heavy atom. The molecule has 0 aromatic rings. The van der Waals surface area contributed by atoms with Crippen molar-refractivity contribution in [2.45, 2.75) is 83.9 Å². The van der Waals surface area contributed by atoms with Gasteiger partial charge < -0.3 is 4.79 Å². The van der Waals surface area contributed by atoms with Gasteiger partial charge in [0.1, 0.15) is 6.29 Å². The maximum absolute atomic E-state index is 10.9. The van der Waals surface area contributed by atoms with E-state index in [4.69, 9.17) is 11.6 Å². The van der Waals surface area contributed by atoms with E-state index >= 15 is 0 Å². The number of fused-ring (bicyclic) bond motifs is 3. The van der Waals surface area contributed by atoms with Crippen molar-refractivity contribution in [2.75, 3.05) is 0 Å². The number of hydrogen-bond donors (Lipinski definition) is 0. The summed E-state index contributed by atoms with van der Waals surface area (Å²) in [6.45, 7) is 7.47. The van der Waals surface area contributed by atoms with Gasteiger partial charge in [-0.3, -0.25) is 0 Å². The van der Waals surface area contributed by atoms with Gasteiger partial charge in [-0.2, -0.15) is 0 Å². The van der Waals surface area contributed by atoms with Crippen LogP contribution in [-0.2, 0) is 4.79 Å². The van der Waals surface area contributed by atoms with Gasteiger partial charge in [0.15, 0.2) is 0 Å². The third-order valence-corrected chi connectivity index (χ3v) is 8.29. The summed E-state index contributed by atoms with van der Waals surface area (Å²) in [7, 11) is 0. The molecule has 2 heteroatoms. The molecule has 3 rings (SSSR count). The van der Waals surface area contributed by atoms with Gasteiger partial charge in [0.25, 0.3) is 0 Å². The summed E-state index contributed by atoms with van der Waals surface area (Å²) >= 11 is 6.48. The highest BCUT2D eigenvalue weighted by Crippen LogP contribution is 2.63. The van der Waals surface area contributed by atoms with Crippen LogP contribution in [0.15, 0.2) is 0 Å². The van der Waals surface area contributed by atoms with Crippen molar-refractivity contribution in [3.05, 3.63) is 0 Å². The molecule has 3 aliphatic carbocycles. The zero-order chi connectivity index (χ0) is 16.0. The van der Waals surface area contributed by atoms with Crippen LogP contribution < -0.4 is 0 Å². The molecule has 3 aliphatic rings. The van der Waals surface area contributed by atoms with Crippen LogP contribution in [0.5, 0.6) is 0 Å². The third kappa shape index (κ3) is 2.76. The molecule has 3 fully saturated rings. The summed E-state index contributed by atoms with van der Waals surface area (Å²) in [5.74, 6) is 3.30. The lowest BCUT2D eigenvalue weighted by atomic mass is 9.45. The standard InChI is InChI=1S/C20H33ClO/c1-19(2)10-9-18-16(17(19)5-4-12-22)7-6-14-13-15(21)8-11-20(14,18)3/h12,14-18H,4-11,13H2,1-3H3. The van der Waals surface area contributed by atoms with E-state index in [0.717, 1.165) is 42.8 Å². The number of halogens is 1. The fourth-order valence-corrected chi connectivity index (χ4v) is 6.88. The molecule has 0 heterocycles. The Kier molecular flexibility index (Phi) is 4.67. The summed E-state index contributed by atoms with van der Waals surface area (Å²) in [6.07, 6.45) is 12.2. The second kappa shape index (κ2) is 6.11. The maximum Gasteiger partial charge on any atom is 0.120 e. The molecule has 0 amide bonds. The Hall–Kier alpha value is -0.0400. The molecule has 0 spiro atoms. The van der Waals surface area contributed by atoms with Crippen LogP contribution >= 0.6 is 11.6 Å². The normalized spacial score (nSPS) is 47.4. The highest BCUT2D eigenvalue weighted by Gasteiger charge is 2.55. The Morgan fingerprint density at radius 2 is 1.86 bits per heavy atom. The van der Waals surface area contributed by atoms with Gasteiger partial charge in [-0.15, -0.1) is 11.6 Å². The van der Waals surface area contributed by atoms with Crippen LogP contribution in [0.2, 0.25) is 0 Å². The Bertz CT molecular complexity index is 418. The Labute approximate surface area is 141 Å². The molecule has 0 N–H and O–H groups in total. The van der Waals surface area contributed by atoms with Crippen LogP contribution in [0.1, 0.15) is 78.6 Å². The van der Waals surface area contributed by atoms with E-state index in [-0.39, 0.29) is 0 Å². The smallest absolute Gasteiger partial charge is 0.120 e. The van der Waals surface area contributed by atoms with E-state index in [1.165, 1.54) is 44.9 Å². The second-order valence-corrected chi connectivity index (χ2v) is 9.92. The van der Waals surface area contributed by atoms with Crippen LogP contribution in [0.25, 0.3) is 0 Å². The summed E-state index contributed by atoms with van der Waals surface area (Å²) in [5, 5.41) is 0.417. The zero-order valence-electron chi connectivity index (χ0n) is 14.6. The van der Waals surface area contributed by atoms with Gasteiger partial charge in [0, 0.05) is 11.8 Å². The Morgan fingerprint density at radius 3 is 2.59 bits per heavy atom. The molecule has 3 saturated carbocycles. The molecule has 0 bridgehead atoms. The third-order valence-electron chi connectivity index (χ3n) is 7.90. The van der Waals surface area contributed by atoms with Crippen molar-refractivity contribution in [1.82, 2.24) is 0 Å². The molecular weight excluding hydrogens is 292 g/mol. The first kappa shape index (κ1) is 16.8. The van der Waals surface area contributed by atoms with Gasteiger partial charge in [0.2, 0.25) is 0 Å². The number of hydrogen-bond acceptors (Lipinski definition) is 1. The van der Waals surface area contributed by atoms with E-state index in [2.05, 4.69) is 20.8 Å². The van der Waals surface area contributed by atoms with Crippen molar-refractivity contribution < 1.29 is 4.79 Å². The lowest BCUT2D eigenvalue weighted by molar-refractivity contribution is -0.115. The lowest BCUT2D eigenvalue weighted by Gasteiger charge is -2.61. The van der Waals surface area contributed by atoms with E-state index in [1.54, 1.807) is 0 Å². The van der Waals surface area contributed by atoms with E-state index in [1.807, 2.05) is 0 Å². The molecule has 22 heavy (non-hydrogen) atoms. The topological polar surface area (TPSA) is 17.1 Å². The largest absolute Gasteiger partial charge is 0.303 e.